The first-order valence-electron chi connectivity index (χ1n) is 10.4. The van der Waals surface area contributed by atoms with Gasteiger partial charge in [0.15, 0.2) is 23.5 Å². The molecular formula is C22H23F4N5O2. The summed E-state index contributed by atoms with van der Waals surface area (Å²) in [5.74, 6) is 0.767. The predicted molar refractivity (Wildman–Crippen MR) is 113 cm³/mol. The van der Waals surface area contributed by atoms with Gasteiger partial charge in [-0.2, -0.15) is 18.3 Å². The monoisotopic (exact) mass is 465 g/mol. The molecule has 1 aliphatic rings. The molecule has 1 fully saturated rings. The number of nitrogens with one attached hydrogen (secondary N) is 3. The van der Waals surface area contributed by atoms with Crippen LogP contribution in [0.2, 0.25) is 0 Å². The SMILES string of the molecule is OC(Nc1ccc(-c2n[nH]c(COc3cccc(C(F)(F)F)c3)n2)cc1)C1(F)CCCNC1. The maximum Gasteiger partial charge on any atom is 0.416 e. The number of aromatic amines is 1. The van der Waals surface area contributed by atoms with Gasteiger partial charge in [-0.05, 0) is 61.9 Å². The molecule has 2 heterocycles. The van der Waals surface area contributed by atoms with Gasteiger partial charge in [-0.3, -0.25) is 5.10 Å². The van der Waals surface area contributed by atoms with E-state index in [2.05, 4.69) is 25.8 Å². The van der Waals surface area contributed by atoms with Gasteiger partial charge >= 0.3 is 6.18 Å². The van der Waals surface area contributed by atoms with Gasteiger partial charge < -0.3 is 20.5 Å². The topological polar surface area (TPSA) is 95.1 Å². The van der Waals surface area contributed by atoms with Crippen molar-refractivity contribution in [2.24, 2.45) is 0 Å². The van der Waals surface area contributed by atoms with Gasteiger partial charge in [-0.25, -0.2) is 9.37 Å². The third kappa shape index (κ3) is 5.60. The van der Waals surface area contributed by atoms with E-state index < -0.39 is 23.6 Å². The normalized spacial score (nSPS) is 19.8. The first-order chi connectivity index (χ1) is 15.7. The number of alkyl halides is 4. The van der Waals surface area contributed by atoms with Gasteiger partial charge in [0, 0.05) is 17.8 Å². The first-order valence-corrected chi connectivity index (χ1v) is 10.4. The van der Waals surface area contributed by atoms with E-state index in [9.17, 15) is 22.7 Å². The minimum absolute atomic E-state index is 0.0653. The first kappa shape index (κ1) is 23.0. The second kappa shape index (κ2) is 9.36. The average Bonchev–Trinajstić information content (AvgIpc) is 3.27. The number of aromatic nitrogens is 3. The number of aliphatic hydroxyl groups is 1. The Balaban J connectivity index is 1.36. The molecule has 176 valence electrons. The summed E-state index contributed by atoms with van der Waals surface area (Å²) in [6, 6.07) is 11.3. The van der Waals surface area contributed by atoms with Gasteiger partial charge in [-0.15, -0.1) is 0 Å². The number of aliphatic hydroxyl groups excluding tert-OH is 1. The summed E-state index contributed by atoms with van der Waals surface area (Å²) >= 11 is 0. The molecule has 1 aliphatic heterocycles. The lowest BCUT2D eigenvalue weighted by Crippen LogP contribution is -2.53. The molecule has 11 heteroatoms. The minimum Gasteiger partial charge on any atom is -0.486 e. The molecular weight excluding hydrogens is 442 g/mol. The zero-order chi connectivity index (χ0) is 23.5. The average molecular weight is 465 g/mol. The van der Waals surface area contributed by atoms with Crippen LogP contribution in [0.1, 0.15) is 24.2 Å². The lowest BCUT2D eigenvalue weighted by atomic mass is 9.94. The van der Waals surface area contributed by atoms with Crippen LogP contribution < -0.4 is 15.4 Å². The molecule has 7 nitrogen and oxygen atoms in total. The molecule has 0 aliphatic carbocycles. The van der Waals surface area contributed by atoms with Crippen molar-refractivity contribution in [1.82, 2.24) is 20.5 Å². The second-order valence-corrected chi connectivity index (χ2v) is 7.86. The van der Waals surface area contributed by atoms with E-state index in [1.54, 1.807) is 24.3 Å². The summed E-state index contributed by atoms with van der Waals surface area (Å²) in [6.45, 7) is 0.727. The fourth-order valence-corrected chi connectivity index (χ4v) is 3.53. The van der Waals surface area contributed by atoms with Crippen LogP contribution in [0.3, 0.4) is 0 Å². The summed E-state index contributed by atoms with van der Waals surface area (Å²) in [4.78, 5) is 4.29. The summed E-state index contributed by atoms with van der Waals surface area (Å²) in [5.41, 5.74) is -1.34. The number of hydrogen-bond acceptors (Lipinski definition) is 6. The zero-order valence-corrected chi connectivity index (χ0v) is 17.5. The van der Waals surface area contributed by atoms with E-state index in [0.717, 1.165) is 18.7 Å². The van der Waals surface area contributed by atoms with Crippen LogP contribution in [0.15, 0.2) is 48.5 Å². The van der Waals surface area contributed by atoms with Crippen LogP contribution in [0.5, 0.6) is 5.75 Å². The van der Waals surface area contributed by atoms with Crippen LogP contribution in [-0.4, -0.2) is 45.3 Å². The molecule has 0 radical (unpaired) electrons. The highest BCUT2D eigenvalue weighted by Gasteiger charge is 2.39. The number of H-pyrrole nitrogens is 1. The molecule has 2 unspecified atom stereocenters. The van der Waals surface area contributed by atoms with E-state index in [1.807, 2.05) is 0 Å². The Morgan fingerprint density at radius 2 is 1.97 bits per heavy atom. The summed E-state index contributed by atoms with van der Waals surface area (Å²) in [5, 5.41) is 22.8. The zero-order valence-electron chi connectivity index (χ0n) is 17.5. The molecule has 1 saturated heterocycles. The fourth-order valence-electron chi connectivity index (χ4n) is 3.53. The van der Waals surface area contributed by atoms with Gasteiger partial charge in [0.25, 0.3) is 0 Å². The number of anilines is 1. The van der Waals surface area contributed by atoms with Crippen molar-refractivity contribution >= 4 is 5.69 Å². The number of hydrogen-bond donors (Lipinski definition) is 4. The number of halogens is 4. The Labute approximate surface area is 187 Å². The smallest absolute Gasteiger partial charge is 0.416 e. The Bertz CT molecular complexity index is 1070. The fraction of sp³-hybridized carbons (Fsp3) is 0.364. The van der Waals surface area contributed by atoms with Crippen molar-refractivity contribution in [3.63, 3.8) is 0 Å². The largest absolute Gasteiger partial charge is 0.486 e. The highest BCUT2D eigenvalue weighted by Crippen LogP contribution is 2.31. The van der Waals surface area contributed by atoms with E-state index in [0.29, 0.717) is 29.3 Å². The molecule has 4 rings (SSSR count). The number of nitrogens with zero attached hydrogens (tertiary/aromatic N) is 2. The summed E-state index contributed by atoms with van der Waals surface area (Å²) in [6.07, 6.45) is -4.87. The van der Waals surface area contributed by atoms with Crippen LogP contribution in [0.25, 0.3) is 11.4 Å². The minimum atomic E-state index is -4.45. The van der Waals surface area contributed by atoms with E-state index >= 15 is 0 Å². The van der Waals surface area contributed by atoms with E-state index in [4.69, 9.17) is 4.74 Å². The molecule has 0 saturated carbocycles. The van der Waals surface area contributed by atoms with Crippen molar-refractivity contribution in [3.05, 3.63) is 59.9 Å². The Kier molecular flexibility index (Phi) is 6.52. The molecule has 33 heavy (non-hydrogen) atoms. The second-order valence-electron chi connectivity index (χ2n) is 7.86. The van der Waals surface area contributed by atoms with Crippen LogP contribution in [0.4, 0.5) is 23.2 Å². The molecule has 2 aromatic carbocycles. The Hall–Kier alpha value is -3.18. The molecule has 1 aromatic heterocycles. The van der Waals surface area contributed by atoms with Crippen molar-refractivity contribution < 1.29 is 27.4 Å². The quantitative estimate of drug-likeness (QED) is 0.312. The van der Waals surface area contributed by atoms with E-state index in [1.165, 1.54) is 12.1 Å². The molecule has 4 N–H and O–H groups in total. The molecule has 0 bridgehead atoms. The van der Waals surface area contributed by atoms with Crippen LogP contribution in [-0.2, 0) is 12.8 Å². The highest BCUT2D eigenvalue weighted by molar-refractivity contribution is 5.59. The number of ether oxygens (including phenoxy) is 1. The third-order valence-corrected chi connectivity index (χ3v) is 5.37. The van der Waals surface area contributed by atoms with Gasteiger partial charge in [0.2, 0.25) is 0 Å². The molecule has 0 amide bonds. The summed E-state index contributed by atoms with van der Waals surface area (Å²) < 4.78 is 58.6. The van der Waals surface area contributed by atoms with Crippen LogP contribution in [0, 0.1) is 0 Å². The predicted octanol–water partition coefficient (Wildman–Crippen LogP) is 3.89. The maximum atomic E-state index is 14.8. The van der Waals surface area contributed by atoms with Crippen molar-refractivity contribution in [2.45, 2.75) is 37.5 Å². The number of piperidine rings is 1. The lowest BCUT2D eigenvalue weighted by molar-refractivity contribution is -0.137. The molecule has 0 spiro atoms. The van der Waals surface area contributed by atoms with Crippen LogP contribution >= 0.6 is 0 Å². The lowest BCUT2D eigenvalue weighted by Gasteiger charge is -2.34. The number of benzene rings is 2. The van der Waals surface area contributed by atoms with Gasteiger partial charge in [-0.1, -0.05) is 6.07 Å². The van der Waals surface area contributed by atoms with Gasteiger partial charge in [0.05, 0.1) is 5.56 Å². The third-order valence-electron chi connectivity index (χ3n) is 5.37. The Morgan fingerprint density at radius 1 is 1.18 bits per heavy atom. The highest BCUT2D eigenvalue weighted by atomic mass is 19.4. The maximum absolute atomic E-state index is 14.8. The standard InChI is InChI=1S/C22H23F4N5O2/c23-21(9-2-10-27-13-21)20(32)28-16-7-5-14(6-8-16)19-29-18(30-31-19)12-33-17-4-1-3-15(11-17)22(24,25)26/h1,3-8,11,20,27-28,32H,2,9-10,12-13H2,(H,29,30,31). The van der Waals surface area contributed by atoms with Gasteiger partial charge in [0.1, 0.15) is 12.4 Å². The van der Waals surface area contributed by atoms with Crippen molar-refractivity contribution in [1.29, 1.82) is 0 Å². The summed E-state index contributed by atoms with van der Waals surface area (Å²) in [7, 11) is 0. The molecule has 2 atom stereocenters. The van der Waals surface area contributed by atoms with Crippen molar-refractivity contribution in [2.75, 3.05) is 18.4 Å². The van der Waals surface area contributed by atoms with E-state index in [-0.39, 0.29) is 25.3 Å². The van der Waals surface area contributed by atoms with Crippen molar-refractivity contribution in [3.8, 4) is 17.1 Å². The Morgan fingerprint density at radius 3 is 2.67 bits per heavy atom. The number of rotatable bonds is 7. The molecule has 3 aromatic rings.